The van der Waals surface area contributed by atoms with Crippen molar-refractivity contribution < 1.29 is 27.8 Å². The summed E-state index contributed by atoms with van der Waals surface area (Å²) in [6, 6.07) is 32.2. The molecule has 5 aromatic rings. The fraction of sp³-hybridized carbons (Fsp3) is 0.270. The van der Waals surface area contributed by atoms with Gasteiger partial charge in [0.15, 0.2) is 0 Å². The summed E-state index contributed by atoms with van der Waals surface area (Å²) in [4.78, 5) is 17.6. The third-order valence-electron chi connectivity index (χ3n) is 7.98. The number of rotatable bonds is 15. The summed E-state index contributed by atoms with van der Waals surface area (Å²) in [6.45, 7) is 5.91. The number of hydrogen-bond acceptors (Lipinski definition) is 7. The van der Waals surface area contributed by atoms with Crippen LogP contribution in [0.2, 0.25) is 0 Å². The zero-order valence-corrected chi connectivity index (χ0v) is 27.7. The molecule has 1 atom stereocenters. The maximum atomic E-state index is 12.8. The van der Waals surface area contributed by atoms with Gasteiger partial charge in [-0.25, -0.2) is 13.2 Å². The van der Waals surface area contributed by atoms with Crippen LogP contribution in [0.5, 0.6) is 5.75 Å². The van der Waals surface area contributed by atoms with E-state index in [0.29, 0.717) is 55.5 Å². The number of nitrogens with one attached hydrogen (secondary N) is 1. The van der Waals surface area contributed by atoms with Crippen molar-refractivity contribution >= 4 is 32.6 Å². The maximum absolute atomic E-state index is 12.8. The van der Waals surface area contributed by atoms with Crippen molar-refractivity contribution in [3.8, 4) is 5.75 Å². The van der Waals surface area contributed by atoms with Crippen LogP contribution in [0.3, 0.4) is 0 Å². The molecule has 246 valence electrons. The molecule has 5 rings (SSSR count). The normalized spacial score (nSPS) is 12.3. The molecule has 10 heteroatoms. The first-order valence-corrected chi connectivity index (χ1v) is 17.5. The zero-order valence-electron chi connectivity index (χ0n) is 26.9. The van der Waals surface area contributed by atoms with E-state index in [9.17, 15) is 18.3 Å². The molecule has 0 saturated carbocycles. The Kier molecular flexibility index (Phi) is 11.0. The summed E-state index contributed by atoms with van der Waals surface area (Å²) >= 11 is 0. The number of fused-ring (bicyclic) bond motifs is 1. The third kappa shape index (κ3) is 8.79. The van der Waals surface area contributed by atoms with Crippen LogP contribution in [0.15, 0.2) is 103 Å². The van der Waals surface area contributed by atoms with E-state index in [-0.39, 0.29) is 12.5 Å². The van der Waals surface area contributed by atoms with Crippen molar-refractivity contribution in [2.45, 2.75) is 33.0 Å². The van der Waals surface area contributed by atoms with Crippen molar-refractivity contribution in [3.63, 3.8) is 0 Å². The fourth-order valence-corrected chi connectivity index (χ4v) is 6.45. The second-order valence-electron chi connectivity index (χ2n) is 11.5. The molecule has 2 N–H and O–H groups in total. The molecule has 0 aliphatic heterocycles. The molecule has 0 fully saturated rings. The van der Waals surface area contributed by atoms with Gasteiger partial charge in [-0.2, -0.15) is 0 Å². The van der Waals surface area contributed by atoms with E-state index in [1.807, 2.05) is 91.9 Å². The summed E-state index contributed by atoms with van der Waals surface area (Å²) in [5.41, 5.74) is 5.12. The molecule has 1 heterocycles. The van der Waals surface area contributed by atoms with Crippen LogP contribution >= 0.6 is 0 Å². The minimum absolute atomic E-state index is 0.189. The number of nitrogens with zero attached hydrogens (tertiary/aromatic N) is 2. The highest BCUT2D eigenvalue weighted by atomic mass is 32.2. The highest BCUT2D eigenvalue weighted by molar-refractivity contribution is 7.92. The Labute approximate surface area is 276 Å². The molecule has 0 amide bonds. The lowest BCUT2D eigenvalue weighted by Gasteiger charge is -2.27. The number of aromatic nitrogens is 1. The topological polar surface area (TPSA) is 112 Å². The standard InChI is InChI=1S/C37H41N3O6S/c1-4-45-37(42)36-27(2)33-19-18-32(23-34(33)38-36)46-21-20-39(24-28-12-7-5-8-13-28)26-35(41)30-16-11-17-31(22-30)40(47(3,43)44)25-29-14-9-6-10-15-29/h5-19,22-23,35,38,41H,4,20-21,24-26H2,1-3H3/t35-/m0/s1. The number of anilines is 1. The second-order valence-corrected chi connectivity index (χ2v) is 13.4. The first-order chi connectivity index (χ1) is 22.6. The summed E-state index contributed by atoms with van der Waals surface area (Å²) in [7, 11) is -3.58. The van der Waals surface area contributed by atoms with Crippen LogP contribution in [0, 0.1) is 6.92 Å². The average Bonchev–Trinajstić information content (AvgIpc) is 3.39. The van der Waals surface area contributed by atoms with E-state index in [1.54, 1.807) is 25.1 Å². The molecule has 0 aliphatic carbocycles. The molecule has 0 saturated heterocycles. The molecule has 0 spiro atoms. The van der Waals surface area contributed by atoms with Crippen LogP contribution in [-0.4, -0.2) is 61.9 Å². The van der Waals surface area contributed by atoms with Gasteiger partial charge in [0.2, 0.25) is 10.0 Å². The molecule has 4 aromatic carbocycles. The highest BCUT2D eigenvalue weighted by Gasteiger charge is 2.21. The van der Waals surface area contributed by atoms with Crippen molar-refractivity contribution in [2.24, 2.45) is 0 Å². The number of carbonyl (C=O) groups excluding carboxylic acids is 1. The quantitative estimate of drug-likeness (QED) is 0.129. The van der Waals surface area contributed by atoms with Crippen molar-refractivity contribution in [1.29, 1.82) is 0 Å². The largest absolute Gasteiger partial charge is 0.492 e. The van der Waals surface area contributed by atoms with Gasteiger partial charge in [0.1, 0.15) is 18.1 Å². The highest BCUT2D eigenvalue weighted by Crippen LogP contribution is 2.28. The molecule has 0 radical (unpaired) electrons. The van der Waals surface area contributed by atoms with Gasteiger partial charge in [0.05, 0.1) is 36.7 Å². The Morgan fingerprint density at radius 2 is 1.57 bits per heavy atom. The van der Waals surface area contributed by atoms with E-state index >= 15 is 0 Å². The van der Waals surface area contributed by atoms with E-state index in [1.165, 1.54) is 10.6 Å². The number of ether oxygens (including phenoxy) is 2. The number of H-pyrrole nitrogens is 1. The fourth-order valence-electron chi connectivity index (χ4n) is 5.57. The van der Waals surface area contributed by atoms with Crippen LogP contribution in [0.1, 0.15) is 45.8 Å². The number of carbonyl (C=O) groups is 1. The third-order valence-corrected chi connectivity index (χ3v) is 9.12. The van der Waals surface area contributed by atoms with Crippen molar-refractivity contribution in [2.75, 3.05) is 36.9 Å². The number of aliphatic hydroxyl groups is 1. The average molecular weight is 656 g/mol. The van der Waals surface area contributed by atoms with Gasteiger partial charge in [-0.3, -0.25) is 9.21 Å². The number of aromatic amines is 1. The number of sulfonamides is 1. The molecular weight excluding hydrogens is 614 g/mol. The maximum Gasteiger partial charge on any atom is 0.355 e. The Bertz CT molecular complexity index is 1890. The Morgan fingerprint density at radius 3 is 2.23 bits per heavy atom. The summed E-state index contributed by atoms with van der Waals surface area (Å²) < 4.78 is 38.3. The number of aryl methyl sites for hydroxylation is 1. The minimum Gasteiger partial charge on any atom is -0.492 e. The van der Waals surface area contributed by atoms with Crippen LogP contribution in [0.25, 0.3) is 10.9 Å². The molecular formula is C37H41N3O6S. The predicted molar refractivity (Wildman–Crippen MR) is 185 cm³/mol. The lowest BCUT2D eigenvalue weighted by Crippen LogP contribution is -2.32. The number of benzene rings is 4. The van der Waals surface area contributed by atoms with Crippen molar-refractivity contribution in [1.82, 2.24) is 9.88 Å². The molecule has 9 nitrogen and oxygen atoms in total. The second kappa shape index (κ2) is 15.3. The molecule has 0 unspecified atom stereocenters. The zero-order chi connectivity index (χ0) is 33.4. The SMILES string of the molecule is CCOC(=O)c1[nH]c2cc(OCCN(Cc3ccccc3)C[C@H](O)c3cccc(N(Cc4ccccc4)S(C)(=O)=O)c3)ccc2c1C. The Balaban J connectivity index is 1.30. The molecule has 1 aromatic heterocycles. The van der Waals surface area contributed by atoms with Gasteiger partial charge in [-0.1, -0.05) is 72.8 Å². The van der Waals surface area contributed by atoms with E-state index in [2.05, 4.69) is 9.88 Å². The summed E-state index contributed by atoms with van der Waals surface area (Å²) in [5.74, 6) is 0.269. The predicted octanol–water partition coefficient (Wildman–Crippen LogP) is 6.23. The lowest BCUT2D eigenvalue weighted by atomic mass is 10.1. The number of hydrogen-bond donors (Lipinski definition) is 2. The van der Waals surface area contributed by atoms with Gasteiger partial charge in [0, 0.05) is 31.1 Å². The summed E-state index contributed by atoms with van der Waals surface area (Å²) in [5, 5.41) is 12.3. The van der Waals surface area contributed by atoms with Gasteiger partial charge in [0.25, 0.3) is 0 Å². The Morgan fingerprint density at radius 1 is 0.894 bits per heavy atom. The van der Waals surface area contributed by atoms with Crippen LogP contribution in [0.4, 0.5) is 5.69 Å². The van der Waals surface area contributed by atoms with E-state index in [4.69, 9.17) is 9.47 Å². The monoisotopic (exact) mass is 655 g/mol. The van der Waals surface area contributed by atoms with Gasteiger partial charge in [-0.15, -0.1) is 0 Å². The van der Waals surface area contributed by atoms with Crippen LogP contribution in [-0.2, 0) is 27.8 Å². The van der Waals surface area contributed by atoms with Gasteiger partial charge >= 0.3 is 5.97 Å². The smallest absolute Gasteiger partial charge is 0.355 e. The first kappa shape index (κ1) is 33.7. The van der Waals surface area contributed by atoms with E-state index < -0.39 is 16.1 Å². The summed E-state index contributed by atoms with van der Waals surface area (Å²) in [6.07, 6.45) is 0.311. The number of esters is 1. The molecule has 0 aliphatic rings. The number of aliphatic hydroxyl groups excluding tert-OH is 1. The molecule has 47 heavy (non-hydrogen) atoms. The van der Waals surface area contributed by atoms with Crippen LogP contribution < -0.4 is 9.04 Å². The van der Waals surface area contributed by atoms with Gasteiger partial charge < -0.3 is 19.6 Å². The Hall–Kier alpha value is -4.64. The minimum atomic E-state index is -3.58. The van der Waals surface area contributed by atoms with E-state index in [0.717, 1.165) is 27.6 Å². The lowest BCUT2D eigenvalue weighted by molar-refractivity contribution is 0.0519. The van der Waals surface area contributed by atoms with Crippen molar-refractivity contribution in [3.05, 3.63) is 131 Å². The van der Waals surface area contributed by atoms with Gasteiger partial charge in [-0.05, 0) is 60.4 Å². The first-order valence-electron chi connectivity index (χ1n) is 15.6. The molecule has 0 bridgehead atoms.